The zero-order valence-electron chi connectivity index (χ0n) is 10.1. The van der Waals surface area contributed by atoms with Crippen molar-refractivity contribution in [3.05, 3.63) is 18.1 Å². The van der Waals surface area contributed by atoms with Gasteiger partial charge in [-0.1, -0.05) is 12.2 Å². The highest BCUT2D eigenvalue weighted by molar-refractivity contribution is 7.80. The maximum absolute atomic E-state index is 9.22. The van der Waals surface area contributed by atoms with E-state index in [1.807, 2.05) is 11.8 Å². The molecule has 7 heteroatoms. The van der Waals surface area contributed by atoms with Gasteiger partial charge in [-0.3, -0.25) is 0 Å². The van der Waals surface area contributed by atoms with Gasteiger partial charge < -0.3 is 20.5 Å². The van der Waals surface area contributed by atoms with E-state index >= 15 is 0 Å². The summed E-state index contributed by atoms with van der Waals surface area (Å²) in [6.07, 6.45) is 2.87. The number of nitrogens with two attached hydrogens (primary N) is 1. The lowest BCUT2D eigenvalue weighted by atomic mass is 10.2. The maximum Gasteiger partial charge on any atom is 0.142 e. The van der Waals surface area contributed by atoms with Crippen LogP contribution in [0.15, 0.2) is 12.5 Å². The van der Waals surface area contributed by atoms with Gasteiger partial charge in [-0.15, -0.1) is 0 Å². The van der Waals surface area contributed by atoms with Gasteiger partial charge in [-0.25, -0.2) is 9.97 Å². The van der Waals surface area contributed by atoms with E-state index < -0.39 is 0 Å². The number of aromatic nitrogens is 2. The third kappa shape index (κ3) is 2.74. The fourth-order valence-electron chi connectivity index (χ4n) is 2.07. The third-order valence-corrected chi connectivity index (χ3v) is 3.01. The molecule has 1 aromatic rings. The molecule has 2 atom stereocenters. The van der Waals surface area contributed by atoms with Gasteiger partial charge in [0.05, 0.1) is 24.4 Å². The topological polar surface area (TPSA) is 84.5 Å². The van der Waals surface area contributed by atoms with Gasteiger partial charge in [-0.2, -0.15) is 0 Å². The molecule has 0 spiro atoms. The van der Waals surface area contributed by atoms with Crippen molar-refractivity contribution in [3.8, 4) is 0 Å². The Bertz CT molecular complexity index is 443. The third-order valence-electron chi connectivity index (χ3n) is 2.79. The molecule has 1 fully saturated rings. The minimum absolute atomic E-state index is 0.0186. The molecule has 1 aliphatic heterocycles. The first kappa shape index (κ1) is 13.1. The van der Waals surface area contributed by atoms with Gasteiger partial charge in [0.1, 0.15) is 17.1 Å². The van der Waals surface area contributed by atoms with E-state index in [4.69, 9.17) is 22.7 Å². The summed E-state index contributed by atoms with van der Waals surface area (Å²) in [6.45, 7) is 3.18. The van der Waals surface area contributed by atoms with E-state index in [0.717, 1.165) is 0 Å². The van der Waals surface area contributed by atoms with E-state index in [-0.39, 0.29) is 23.8 Å². The number of aliphatic hydroxyl groups is 1. The van der Waals surface area contributed by atoms with Gasteiger partial charge in [0, 0.05) is 19.3 Å². The largest absolute Gasteiger partial charge is 0.394 e. The number of morpholine rings is 1. The first-order valence-electron chi connectivity index (χ1n) is 5.73. The number of nitrogens with zero attached hydrogens (tertiary/aromatic N) is 3. The van der Waals surface area contributed by atoms with Gasteiger partial charge in [0.2, 0.25) is 0 Å². The molecule has 3 N–H and O–H groups in total. The molecule has 2 unspecified atom stereocenters. The quantitative estimate of drug-likeness (QED) is 0.728. The normalized spacial score (nSPS) is 24.0. The minimum Gasteiger partial charge on any atom is -0.394 e. The Labute approximate surface area is 111 Å². The molecule has 98 valence electrons. The Morgan fingerprint density at radius 3 is 3.11 bits per heavy atom. The van der Waals surface area contributed by atoms with Gasteiger partial charge in [0.15, 0.2) is 0 Å². The monoisotopic (exact) mass is 268 g/mol. The highest BCUT2D eigenvalue weighted by Gasteiger charge is 2.27. The molecular formula is C11H16N4O2S. The summed E-state index contributed by atoms with van der Waals surface area (Å²) in [5.41, 5.74) is 6.32. The lowest BCUT2D eigenvalue weighted by Gasteiger charge is -2.37. The van der Waals surface area contributed by atoms with Crippen LogP contribution in [0, 0.1) is 0 Å². The summed E-state index contributed by atoms with van der Waals surface area (Å²) in [5, 5.41) is 9.22. The number of thiocarbonyl (C=S) groups is 1. The smallest absolute Gasteiger partial charge is 0.142 e. The summed E-state index contributed by atoms with van der Waals surface area (Å²) < 4.78 is 5.59. The van der Waals surface area contributed by atoms with Crippen molar-refractivity contribution in [2.24, 2.45) is 5.73 Å². The second-order valence-corrected chi connectivity index (χ2v) is 4.72. The fourth-order valence-corrected chi connectivity index (χ4v) is 2.21. The number of anilines is 1. The number of ether oxygens (including phenoxy) is 1. The van der Waals surface area contributed by atoms with Crippen molar-refractivity contribution in [2.45, 2.75) is 19.1 Å². The number of hydrogen-bond acceptors (Lipinski definition) is 6. The first-order valence-corrected chi connectivity index (χ1v) is 6.13. The molecule has 0 radical (unpaired) electrons. The molecule has 0 aromatic carbocycles. The summed E-state index contributed by atoms with van der Waals surface area (Å²) in [4.78, 5) is 10.5. The van der Waals surface area contributed by atoms with Crippen LogP contribution in [-0.4, -0.2) is 52.0 Å². The maximum atomic E-state index is 9.22. The minimum atomic E-state index is -0.220. The lowest BCUT2D eigenvalue weighted by molar-refractivity contribution is -0.0423. The molecule has 2 rings (SSSR count). The van der Waals surface area contributed by atoms with E-state index in [2.05, 4.69) is 9.97 Å². The van der Waals surface area contributed by atoms with Crippen molar-refractivity contribution in [2.75, 3.05) is 24.6 Å². The van der Waals surface area contributed by atoms with Crippen LogP contribution < -0.4 is 10.6 Å². The predicted molar refractivity (Wildman–Crippen MR) is 71.6 cm³/mol. The average molecular weight is 268 g/mol. The van der Waals surface area contributed by atoms with Crippen molar-refractivity contribution in [3.63, 3.8) is 0 Å². The average Bonchev–Trinajstić information content (AvgIpc) is 2.38. The highest BCUT2D eigenvalue weighted by atomic mass is 32.1. The Morgan fingerprint density at radius 1 is 1.67 bits per heavy atom. The second kappa shape index (κ2) is 5.55. The van der Waals surface area contributed by atoms with Crippen LogP contribution in [0.5, 0.6) is 0 Å². The zero-order valence-corrected chi connectivity index (χ0v) is 10.9. The number of hydrogen-bond donors (Lipinski definition) is 2. The molecule has 18 heavy (non-hydrogen) atoms. The second-order valence-electron chi connectivity index (χ2n) is 4.28. The fraction of sp³-hybridized carbons (Fsp3) is 0.545. The number of rotatable bonds is 3. The molecule has 0 bridgehead atoms. The van der Waals surface area contributed by atoms with E-state index in [0.29, 0.717) is 24.5 Å². The predicted octanol–water partition coefficient (Wildman–Crippen LogP) is -0.303. The lowest BCUT2D eigenvalue weighted by Crippen LogP contribution is -2.49. The van der Waals surface area contributed by atoms with E-state index in [1.54, 1.807) is 6.20 Å². The van der Waals surface area contributed by atoms with Crippen molar-refractivity contribution in [1.29, 1.82) is 0 Å². The van der Waals surface area contributed by atoms with Crippen molar-refractivity contribution >= 4 is 23.0 Å². The summed E-state index contributed by atoms with van der Waals surface area (Å²) in [7, 11) is 0. The van der Waals surface area contributed by atoms with E-state index in [9.17, 15) is 5.11 Å². The number of aliphatic hydroxyl groups excluding tert-OH is 1. The first-order chi connectivity index (χ1) is 8.61. The van der Waals surface area contributed by atoms with E-state index in [1.165, 1.54) is 6.33 Å². The zero-order chi connectivity index (χ0) is 13.1. The van der Waals surface area contributed by atoms with Crippen molar-refractivity contribution < 1.29 is 9.84 Å². The molecule has 0 saturated carbocycles. The van der Waals surface area contributed by atoms with Crippen LogP contribution in [0.3, 0.4) is 0 Å². The van der Waals surface area contributed by atoms with Crippen LogP contribution in [0.1, 0.15) is 12.5 Å². The molecule has 6 nitrogen and oxygen atoms in total. The SMILES string of the molecule is CC1CN(c2ncncc2C(N)=S)CC(CO)O1. The molecule has 1 aliphatic rings. The van der Waals surface area contributed by atoms with Crippen LogP contribution >= 0.6 is 12.2 Å². The van der Waals surface area contributed by atoms with Crippen LogP contribution in [-0.2, 0) is 4.74 Å². The molecule has 1 aromatic heterocycles. The Kier molecular flexibility index (Phi) is 4.05. The summed E-state index contributed by atoms with van der Waals surface area (Å²) in [6, 6.07) is 0. The van der Waals surface area contributed by atoms with Crippen LogP contribution in [0.25, 0.3) is 0 Å². The van der Waals surface area contributed by atoms with Crippen LogP contribution in [0.2, 0.25) is 0 Å². The Hall–Kier alpha value is -1.31. The molecule has 0 amide bonds. The molecule has 1 saturated heterocycles. The molecule has 2 heterocycles. The Balaban J connectivity index is 2.27. The standard InChI is InChI=1S/C11H16N4O2S/c1-7-3-15(4-8(5-16)17-7)11-9(10(12)18)2-13-6-14-11/h2,6-8,16H,3-5H2,1H3,(H2,12,18). The molecule has 0 aliphatic carbocycles. The van der Waals surface area contributed by atoms with Gasteiger partial charge in [-0.05, 0) is 6.92 Å². The van der Waals surface area contributed by atoms with Gasteiger partial charge in [0.25, 0.3) is 0 Å². The highest BCUT2D eigenvalue weighted by Crippen LogP contribution is 2.21. The summed E-state index contributed by atoms with van der Waals surface area (Å²) in [5.74, 6) is 0.700. The van der Waals surface area contributed by atoms with Crippen molar-refractivity contribution in [1.82, 2.24) is 9.97 Å². The molecular weight excluding hydrogens is 252 g/mol. The summed E-state index contributed by atoms with van der Waals surface area (Å²) >= 11 is 5.00. The van der Waals surface area contributed by atoms with Crippen LogP contribution in [0.4, 0.5) is 5.82 Å². The van der Waals surface area contributed by atoms with Gasteiger partial charge >= 0.3 is 0 Å². The Morgan fingerprint density at radius 2 is 2.44 bits per heavy atom.